The minimum absolute atomic E-state index is 0.0842. The van der Waals surface area contributed by atoms with Gasteiger partial charge in [-0.05, 0) is 29.0 Å². The highest BCUT2D eigenvalue weighted by Crippen LogP contribution is 2.36. The maximum Gasteiger partial charge on any atom is 0.258 e. The van der Waals surface area contributed by atoms with Crippen LogP contribution in [0.1, 0.15) is 13.3 Å². The van der Waals surface area contributed by atoms with E-state index in [0.29, 0.717) is 6.54 Å². The van der Waals surface area contributed by atoms with E-state index >= 15 is 0 Å². The Morgan fingerprint density at radius 2 is 1.23 bits per heavy atom. The average molecular weight is 339 g/mol. The number of benzene rings is 3. The normalized spacial score (nSPS) is 11.0. The molecule has 0 spiro atoms. The molecule has 1 aromatic heterocycles. The zero-order chi connectivity index (χ0) is 17.9. The molecule has 0 atom stereocenters. The minimum atomic E-state index is 0.0842. The number of rotatable bonds is 4. The van der Waals surface area contributed by atoms with Gasteiger partial charge >= 0.3 is 0 Å². The molecule has 2 nitrogen and oxygen atoms in total. The first kappa shape index (κ1) is 16.3. The van der Waals surface area contributed by atoms with E-state index < -0.39 is 0 Å². The number of fused-ring (bicyclic) bond motifs is 1. The SMILES string of the molecule is CCCn1c(-c2ccccc2)c(-c2ccccc2)c2ccccc2c1=O. The Balaban J connectivity index is 2.22. The van der Waals surface area contributed by atoms with E-state index in [1.807, 2.05) is 59.2 Å². The predicted octanol–water partition coefficient (Wildman–Crippen LogP) is 5.75. The van der Waals surface area contributed by atoms with Crippen LogP contribution in [0.4, 0.5) is 0 Å². The Hall–Kier alpha value is -3.13. The second-order valence-corrected chi connectivity index (χ2v) is 6.46. The molecule has 0 aliphatic heterocycles. The summed E-state index contributed by atoms with van der Waals surface area (Å²) < 4.78 is 1.94. The van der Waals surface area contributed by atoms with Gasteiger partial charge in [0.15, 0.2) is 0 Å². The van der Waals surface area contributed by atoms with Gasteiger partial charge in [0.05, 0.1) is 5.69 Å². The zero-order valence-corrected chi connectivity index (χ0v) is 14.9. The van der Waals surface area contributed by atoms with Gasteiger partial charge in [-0.3, -0.25) is 4.79 Å². The highest BCUT2D eigenvalue weighted by Gasteiger charge is 2.18. The summed E-state index contributed by atoms with van der Waals surface area (Å²) in [4.78, 5) is 13.3. The number of pyridine rings is 1. The smallest absolute Gasteiger partial charge is 0.258 e. The van der Waals surface area contributed by atoms with Gasteiger partial charge < -0.3 is 4.57 Å². The maximum absolute atomic E-state index is 13.3. The number of nitrogens with zero attached hydrogens (tertiary/aromatic N) is 1. The van der Waals surface area contributed by atoms with Gasteiger partial charge in [0.2, 0.25) is 0 Å². The molecule has 26 heavy (non-hydrogen) atoms. The Morgan fingerprint density at radius 1 is 0.692 bits per heavy atom. The van der Waals surface area contributed by atoms with Gasteiger partial charge in [0.25, 0.3) is 5.56 Å². The second-order valence-electron chi connectivity index (χ2n) is 6.46. The summed E-state index contributed by atoms with van der Waals surface area (Å²) in [5.41, 5.74) is 4.42. The third-order valence-electron chi connectivity index (χ3n) is 4.74. The molecule has 0 saturated heterocycles. The van der Waals surface area contributed by atoms with E-state index in [1.165, 1.54) is 0 Å². The zero-order valence-electron chi connectivity index (χ0n) is 14.9. The van der Waals surface area contributed by atoms with Crippen molar-refractivity contribution < 1.29 is 0 Å². The molecule has 0 saturated carbocycles. The van der Waals surface area contributed by atoms with Crippen LogP contribution in [0, 0.1) is 0 Å². The van der Waals surface area contributed by atoms with Crippen molar-refractivity contribution in [3.8, 4) is 22.4 Å². The fourth-order valence-corrected chi connectivity index (χ4v) is 3.63. The van der Waals surface area contributed by atoms with E-state index in [4.69, 9.17) is 0 Å². The molecular weight excluding hydrogens is 318 g/mol. The van der Waals surface area contributed by atoms with Crippen molar-refractivity contribution in [3.63, 3.8) is 0 Å². The van der Waals surface area contributed by atoms with E-state index in [2.05, 4.69) is 37.3 Å². The largest absolute Gasteiger partial charge is 0.307 e. The lowest BCUT2D eigenvalue weighted by molar-refractivity contribution is 0.667. The van der Waals surface area contributed by atoms with Gasteiger partial charge in [0, 0.05) is 17.5 Å². The molecular formula is C24H21NO. The van der Waals surface area contributed by atoms with E-state index in [9.17, 15) is 4.79 Å². The molecule has 0 amide bonds. The van der Waals surface area contributed by atoms with Crippen molar-refractivity contribution in [2.24, 2.45) is 0 Å². The summed E-state index contributed by atoms with van der Waals surface area (Å²) in [7, 11) is 0. The van der Waals surface area contributed by atoms with Crippen molar-refractivity contribution >= 4 is 10.8 Å². The van der Waals surface area contributed by atoms with Crippen molar-refractivity contribution in [3.05, 3.63) is 95.3 Å². The molecule has 0 aliphatic carbocycles. The minimum Gasteiger partial charge on any atom is -0.307 e. The average Bonchev–Trinajstić information content (AvgIpc) is 2.71. The van der Waals surface area contributed by atoms with E-state index in [0.717, 1.165) is 39.6 Å². The van der Waals surface area contributed by atoms with Crippen LogP contribution in [-0.2, 0) is 6.54 Å². The van der Waals surface area contributed by atoms with Crippen LogP contribution in [0.25, 0.3) is 33.2 Å². The third-order valence-corrected chi connectivity index (χ3v) is 4.74. The molecule has 128 valence electrons. The molecule has 1 heterocycles. The standard InChI is InChI=1S/C24H21NO/c1-2-17-25-23(19-13-7-4-8-14-19)22(18-11-5-3-6-12-18)20-15-9-10-16-21(20)24(25)26/h3-16H,2,17H2,1H3. The van der Waals surface area contributed by atoms with Crippen LogP contribution >= 0.6 is 0 Å². The number of hydrogen-bond acceptors (Lipinski definition) is 1. The summed E-state index contributed by atoms with van der Waals surface area (Å²) in [5.74, 6) is 0. The lowest BCUT2D eigenvalue weighted by Gasteiger charge is -2.20. The molecule has 0 fully saturated rings. The molecule has 2 heteroatoms. The van der Waals surface area contributed by atoms with Crippen LogP contribution in [0.2, 0.25) is 0 Å². The fourth-order valence-electron chi connectivity index (χ4n) is 3.63. The molecule has 0 radical (unpaired) electrons. The van der Waals surface area contributed by atoms with E-state index in [1.54, 1.807) is 0 Å². The second kappa shape index (κ2) is 7.01. The lowest BCUT2D eigenvalue weighted by Crippen LogP contribution is -2.23. The fraction of sp³-hybridized carbons (Fsp3) is 0.125. The Morgan fingerprint density at radius 3 is 1.85 bits per heavy atom. The topological polar surface area (TPSA) is 22.0 Å². The Kier molecular flexibility index (Phi) is 4.40. The molecule has 4 rings (SSSR count). The molecule has 0 N–H and O–H groups in total. The Bertz CT molecular complexity index is 1100. The summed E-state index contributed by atoms with van der Waals surface area (Å²) in [6.07, 6.45) is 0.909. The first-order chi connectivity index (χ1) is 12.8. The molecule has 0 bridgehead atoms. The van der Waals surface area contributed by atoms with Crippen molar-refractivity contribution in [2.45, 2.75) is 19.9 Å². The predicted molar refractivity (Wildman–Crippen MR) is 109 cm³/mol. The quantitative estimate of drug-likeness (QED) is 0.464. The maximum atomic E-state index is 13.3. The monoisotopic (exact) mass is 339 g/mol. The summed E-state index contributed by atoms with van der Waals surface area (Å²) in [6, 6.07) is 28.5. The first-order valence-corrected chi connectivity index (χ1v) is 9.07. The van der Waals surface area contributed by atoms with Gasteiger partial charge in [-0.2, -0.15) is 0 Å². The molecule has 0 unspecified atom stereocenters. The van der Waals surface area contributed by atoms with Gasteiger partial charge in [-0.1, -0.05) is 85.8 Å². The van der Waals surface area contributed by atoms with Gasteiger partial charge in [-0.25, -0.2) is 0 Å². The molecule has 3 aromatic carbocycles. The van der Waals surface area contributed by atoms with Crippen LogP contribution in [0.5, 0.6) is 0 Å². The van der Waals surface area contributed by atoms with Crippen LogP contribution in [-0.4, -0.2) is 4.57 Å². The number of hydrogen-bond donors (Lipinski definition) is 0. The van der Waals surface area contributed by atoms with Crippen LogP contribution in [0.3, 0.4) is 0 Å². The van der Waals surface area contributed by atoms with Gasteiger partial charge in [0.1, 0.15) is 0 Å². The Labute approximate surface area is 153 Å². The third kappa shape index (κ3) is 2.74. The summed E-state index contributed by atoms with van der Waals surface area (Å²) in [6.45, 7) is 2.81. The van der Waals surface area contributed by atoms with Crippen LogP contribution < -0.4 is 5.56 Å². The molecule has 4 aromatic rings. The highest BCUT2D eigenvalue weighted by atomic mass is 16.1. The van der Waals surface area contributed by atoms with Crippen molar-refractivity contribution in [2.75, 3.05) is 0 Å². The van der Waals surface area contributed by atoms with Crippen molar-refractivity contribution in [1.29, 1.82) is 0 Å². The lowest BCUT2D eigenvalue weighted by atomic mass is 9.93. The van der Waals surface area contributed by atoms with Gasteiger partial charge in [-0.15, -0.1) is 0 Å². The summed E-state index contributed by atoms with van der Waals surface area (Å²) in [5, 5.41) is 1.79. The highest BCUT2D eigenvalue weighted by molar-refractivity contribution is 6.02. The van der Waals surface area contributed by atoms with Crippen LogP contribution in [0.15, 0.2) is 89.7 Å². The van der Waals surface area contributed by atoms with E-state index in [-0.39, 0.29) is 5.56 Å². The molecule has 0 aliphatic rings. The number of aromatic nitrogens is 1. The summed E-state index contributed by atoms with van der Waals surface area (Å²) >= 11 is 0. The first-order valence-electron chi connectivity index (χ1n) is 9.07. The van der Waals surface area contributed by atoms with Crippen molar-refractivity contribution in [1.82, 2.24) is 4.57 Å².